The Bertz CT molecular complexity index is 2780. The molecule has 74 heavy (non-hydrogen) atoms. The second-order valence-corrected chi connectivity index (χ2v) is 20.0. The van der Waals surface area contributed by atoms with Crippen molar-refractivity contribution < 1.29 is 81.8 Å². The SMILES string of the molecule is CC(=O)OCC1O[C@@H]2C[C@H](O)[C@@]3(C)C(=O)[C@H](OC(C)=O)C4=C(C)[C@@H](OC(=O)[C@H](OC(=O)CCN5C(=O)C=CC5=O)C(NC(=O)c5ccccc5)c5ccccc5)C[C@@](O)([C@@H](OC(=O)c5ccccc5)[C@@H]3[C@H]12)C4(C)C. The summed E-state index contributed by atoms with van der Waals surface area (Å²) in [7, 11) is 0. The topological polar surface area (TPSA) is 265 Å². The Balaban J connectivity index is 1.27. The molecule has 5 aliphatic rings. The molecule has 0 radical (unpaired) electrons. The Morgan fingerprint density at radius 1 is 0.811 bits per heavy atom. The molecule has 12 atom stereocenters. The minimum atomic E-state index is -2.42. The van der Waals surface area contributed by atoms with Gasteiger partial charge in [0.1, 0.15) is 30.5 Å². The second-order valence-electron chi connectivity index (χ2n) is 20.0. The van der Waals surface area contributed by atoms with Crippen LogP contribution in [-0.4, -0.2) is 130 Å². The molecule has 390 valence electrons. The third-order valence-electron chi connectivity index (χ3n) is 15.4. The monoisotopic (exact) mass is 1020 g/mol. The fourth-order valence-corrected chi connectivity index (χ4v) is 11.5. The number of carbonyl (C=O) groups is 9. The number of rotatable bonds is 15. The number of amides is 3. The molecule has 3 N–H and O–H groups in total. The molecule has 3 aliphatic carbocycles. The average Bonchev–Trinajstić information content (AvgIpc) is 3.69. The molecule has 1 saturated heterocycles. The summed E-state index contributed by atoms with van der Waals surface area (Å²) in [6.07, 6.45) is -9.76. The zero-order chi connectivity index (χ0) is 53.4. The Kier molecular flexibility index (Phi) is 14.9. The summed E-state index contributed by atoms with van der Waals surface area (Å²) in [5.41, 5.74) is -5.53. The largest absolute Gasteiger partial charge is 0.463 e. The molecule has 19 heteroatoms. The predicted molar refractivity (Wildman–Crippen MR) is 257 cm³/mol. The van der Waals surface area contributed by atoms with E-state index in [2.05, 4.69) is 5.32 Å². The van der Waals surface area contributed by atoms with Crippen molar-refractivity contribution in [1.82, 2.24) is 10.2 Å². The molecule has 3 amide bonds. The highest BCUT2D eigenvalue weighted by Crippen LogP contribution is 2.63. The van der Waals surface area contributed by atoms with E-state index in [9.17, 15) is 43.8 Å². The molecule has 8 rings (SSSR count). The fourth-order valence-electron chi connectivity index (χ4n) is 11.5. The van der Waals surface area contributed by atoms with Crippen molar-refractivity contribution in [2.75, 3.05) is 13.2 Å². The smallest absolute Gasteiger partial charge is 0.350 e. The summed E-state index contributed by atoms with van der Waals surface area (Å²) in [5.74, 6) is -9.91. The van der Waals surface area contributed by atoms with Gasteiger partial charge in [-0.05, 0) is 54.8 Å². The van der Waals surface area contributed by atoms with Crippen LogP contribution in [0.2, 0.25) is 0 Å². The van der Waals surface area contributed by atoms with Gasteiger partial charge in [-0.2, -0.15) is 0 Å². The minimum Gasteiger partial charge on any atom is -0.463 e. The summed E-state index contributed by atoms with van der Waals surface area (Å²) in [6.45, 7) is 7.61. The Morgan fingerprint density at radius 3 is 2.00 bits per heavy atom. The zero-order valence-corrected chi connectivity index (χ0v) is 41.6. The summed E-state index contributed by atoms with van der Waals surface area (Å²) in [5, 5.41) is 29.0. The molecule has 2 aliphatic heterocycles. The molecule has 19 nitrogen and oxygen atoms in total. The number of hydrogen-bond acceptors (Lipinski definition) is 17. The number of aliphatic hydroxyl groups excluding tert-OH is 1. The number of ether oxygens (including phenoxy) is 6. The first kappa shape index (κ1) is 53.0. The number of benzene rings is 3. The third-order valence-corrected chi connectivity index (χ3v) is 15.4. The van der Waals surface area contributed by atoms with Crippen molar-refractivity contribution in [1.29, 1.82) is 0 Å². The molecule has 0 aromatic heterocycles. The van der Waals surface area contributed by atoms with Crippen LogP contribution in [0.1, 0.15) is 93.1 Å². The van der Waals surface area contributed by atoms with E-state index in [1.807, 2.05) is 0 Å². The van der Waals surface area contributed by atoms with Crippen LogP contribution in [0, 0.1) is 22.7 Å². The molecule has 2 saturated carbocycles. The van der Waals surface area contributed by atoms with Crippen molar-refractivity contribution in [2.24, 2.45) is 22.7 Å². The van der Waals surface area contributed by atoms with Crippen molar-refractivity contribution in [3.05, 3.63) is 131 Å². The lowest BCUT2D eigenvalue weighted by Crippen LogP contribution is -2.76. The van der Waals surface area contributed by atoms with Gasteiger partial charge in [0.15, 0.2) is 11.9 Å². The predicted octanol–water partition coefficient (Wildman–Crippen LogP) is 3.85. The van der Waals surface area contributed by atoms with Gasteiger partial charge < -0.3 is 44.0 Å². The third kappa shape index (κ3) is 9.78. The number of hydrogen-bond donors (Lipinski definition) is 3. The van der Waals surface area contributed by atoms with Crippen LogP contribution in [0.3, 0.4) is 0 Å². The maximum Gasteiger partial charge on any atom is 0.350 e. The van der Waals surface area contributed by atoms with E-state index < -0.39 is 150 Å². The Hall–Kier alpha value is -7.35. The number of imide groups is 1. The molecule has 0 spiro atoms. The van der Waals surface area contributed by atoms with E-state index in [0.29, 0.717) is 0 Å². The summed E-state index contributed by atoms with van der Waals surface area (Å²) >= 11 is 0. The van der Waals surface area contributed by atoms with Gasteiger partial charge in [-0.1, -0.05) is 80.6 Å². The maximum absolute atomic E-state index is 15.7. The molecule has 2 unspecified atom stereocenters. The fraction of sp³-hybridized carbons (Fsp3) is 0.436. The van der Waals surface area contributed by atoms with Gasteiger partial charge in [-0.25, -0.2) is 9.59 Å². The number of carbonyl (C=O) groups excluding carboxylic acids is 9. The standard InChI is InChI=1S/C55H58N2O17/c1-29-36(72-52(67)47(73-41(63)24-25-57-39(61)22-23-40(57)62)45(32-16-10-7-11-17-32)56-50(65)33-18-12-8-13-19-33)27-55(68)49(74-51(66)34-20-14-9-15-21-34)44-42-35(71-37(42)28-69-30(2)58)26-38(60)54(44,6)48(64)46(70-31(3)59)43(29)53(55,4)5/h7-23,35-38,42,44-47,49,60,68H,24-28H2,1-6H3,(H,56,65)/t35-,36+,37?,38+,42+,44+,45?,46-,47-,49+,54-,55-/m1/s1. The first-order valence-electron chi connectivity index (χ1n) is 24.3. The van der Waals surface area contributed by atoms with E-state index in [1.165, 1.54) is 45.0 Å². The molecular weight excluding hydrogens is 961 g/mol. The number of fused-ring (bicyclic) bond motifs is 5. The van der Waals surface area contributed by atoms with E-state index in [0.717, 1.165) is 24.0 Å². The summed E-state index contributed by atoms with van der Waals surface area (Å²) in [4.78, 5) is 124. The first-order chi connectivity index (χ1) is 35.1. The van der Waals surface area contributed by atoms with Crippen molar-refractivity contribution in [2.45, 2.75) is 115 Å². The van der Waals surface area contributed by atoms with Crippen molar-refractivity contribution >= 4 is 53.4 Å². The van der Waals surface area contributed by atoms with Gasteiger partial charge in [0.25, 0.3) is 17.7 Å². The van der Waals surface area contributed by atoms with Crippen LogP contribution >= 0.6 is 0 Å². The van der Waals surface area contributed by atoms with Crippen molar-refractivity contribution in [3.8, 4) is 0 Å². The van der Waals surface area contributed by atoms with Gasteiger partial charge in [0.2, 0.25) is 6.10 Å². The van der Waals surface area contributed by atoms with E-state index in [1.54, 1.807) is 80.6 Å². The average molecular weight is 1020 g/mol. The number of nitrogens with zero attached hydrogens (tertiary/aromatic N) is 1. The molecule has 3 fully saturated rings. The van der Waals surface area contributed by atoms with Crippen LogP contribution in [0.25, 0.3) is 0 Å². The molecule has 2 bridgehead atoms. The van der Waals surface area contributed by atoms with E-state index >= 15 is 9.59 Å². The zero-order valence-electron chi connectivity index (χ0n) is 41.6. The van der Waals surface area contributed by atoms with Crippen LogP contribution < -0.4 is 5.32 Å². The highest BCUT2D eigenvalue weighted by molar-refractivity contribution is 6.13. The van der Waals surface area contributed by atoms with Crippen LogP contribution in [0.15, 0.2) is 114 Å². The maximum atomic E-state index is 15.7. The number of esters is 5. The lowest BCUT2D eigenvalue weighted by molar-refractivity contribution is -0.307. The summed E-state index contributed by atoms with van der Waals surface area (Å²) < 4.78 is 36.3. The van der Waals surface area contributed by atoms with Crippen LogP contribution in [0.5, 0.6) is 0 Å². The van der Waals surface area contributed by atoms with E-state index in [4.69, 9.17) is 28.4 Å². The molecule has 2 heterocycles. The van der Waals surface area contributed by atoms with Gasteiger partial charge in [-0.3, -0.25) is 38.5 Å². The quantitative estimate of drug-likeness (QED) is 0.0845. The van der Waals surface area contributed by atoms with Gasteiger partial charge in [0.05, 0.1) is 35.7 Å². The molecule has 3 aromatic rings. The van der Waals surface area contributed by atoms with Gasteiger partial charge >= 0.3 is 29.8 Å². The first-order valence-corrected chi connectivity index (χ1v) is 24.3. The Morgan fingerprint density at radius 2 is 1.41 bits per heavy atom. The highest BCUT2D eigenvalue weighted by Gasteiger charge is 2.74. The minimum absolute atomic E-state index is 0.0422. The summed E-state index contributed by atoms with van der Waals surface area (Å²) in [6, 6.07) is 22.4. The van der Waals surface area contributed by atoms with Crippen LogP contribution in [-0.2, 0) is 62.0 Å². The highest BCUT2D eigenvalue weighted by atomic mass is 16.6. The Labute approximate surface area is 426 Å². The molecule has 3 aromatic carbocycles. The van der Waals surface area contributed by atoms with Crippen molar-refractivity contribution in [3.63, 3.8) is 0 Å². The lowest BCUT2D eigenvalue weighted by Gasteiger charge is -2.65. The lowest BCUT2D eigenvalue weighted by atomic mass is 9.45. The van der Waals surface area contributed by atoms with Gasteiger partial charge in [0, 0.05) is 68.2 Å². The number of aliphatic hydroxyl groups is 2. The normalized spacial score (nSPS) is 29.5. The van der Waals surface area contributed by atoms with Crippen LogP contribution in [0.4, 0.5) is 0 Å². The number of nitrogens with one attached hydrogen (secondary N) is 1. The molecular formula is C55H58N2O17. The number of Topliss-reactive ketones (excluding diaryl/α,β-unsaturated/α-hetero) is 1. The van der Waals surface area contributed by atoms with E-state index in [-0.39, 0.29) is 40.9 Å². The number of ketones is 1. The van der Waals surface area contributed by atoms with Gasteiger partial charge in [-0.15, -0.1) is 0 Å². The second kappa shape index (κ2) is 20.9.